The van der Waals surface area contributed by atoms with Crippen molar-refractivity contribution in [2.24, 2.45) is 0 Å². The molecule has 226 valence electrons. The summed E-state index contributed by atoms with van der Waals surface area (Å²) in [5.74, 6) is -3.74. The average Bonchev–Trinajstić information content (AvgIpc) is 2.94. The molecule has 13 heteroatoms. The number of methoxy groups -OCH3 is 4. The van der Waals surface area contributed by atoms with Gasteiger partial charge in [-0.25, -0.2) is 0 Å². The van der Waals surface area contributed by atoms with Crippen LogP contribution in [0, 0.1) is 0 Å². The Hall–Kier alpha value is -3.43. The Morgan fingerprint density at radius 1 is 0.857 bits per heavy atom. The van der Waals surface area contributed by atoms with Crippen LogP contribution in [0.25, 0.3) is 0 Å². The number of ketones is 3. The SMILES string of the molecule is COc1cc(O)c2c(c1)C(=O)c1cc3c(c(O)c1C2=O)[C@H](O[C@@H]1O[C@@H](C)[C@H](OC)[C@@H](O)[C@H]1OC)[C@H](OC)[C@](C)(O)C3=O. The fourth-order valence-electron chi connectivity index (χ4n) is 6.14. The summed E-state index contributed by atoms with van der Waals surface area (Å²) in [5.41, 5.74) is -4.09. The number of phenolic OH excluding ortho intramolecular Hbond substituents is 2. The van der Waals surface area contributed by atoms with E-state index in [4.69, 9.17) is 28.4 Å². The Morgan fingerprint density at radius 3 is 2.10 bits per heavy atom. The monoisotopic (exact) mass is 588 g/mol. The van der Waals surface area contributed by atoms with E-state index in [-0.39, 0.29) is 33.6 Å². The van der Waals surface area contributed by atoms with Crippen molar-refractivity contribution >= 4 is 17.3 Å². The normalized spacial score (nSPS) is 32.3. The lowest BCUT2D eigenvalue weighted by Crippen LogP contribution is -2.61. The molecule has 1 heterocycles. The van der Waals surface area contributed by atoms with Gasteiger partial charge in [0.1, 0.15) is 47.8 Å². The van der Waals surface area contributed by atoms with E-state index >= 15 is 0 Å². The Bertz CT molecular complexity index is 1460. The van der Waals surface area contributed by atoms with Crippen molar-refractivity contribution in [1.82, 2.24) is 0 Å². The predicted molar refractivity (Wildman–Crippen MR) is 141 cm³/mol. The second-order valence-corrected chi connectivity index (χ2v) is 10.6. The lowest BCUT2D eigenvalue weighted by molar-refractivity contribution is -0.323. The van der Waals surface area contributed by atoms with E-state index < -0.39 is 82.9 Å². The number of hydrogen-bond donors (Lipinski definition) is 4. The Kier molecular flexibility index (Phi) is 7.64. The highest BCUT2D eigenvalue weighted by Crippen LogP contribution is 2.49. The quantitative estimate of drug-likeness (QED) is 0.320. The smallest absolute Gasteiger partial charge is 0.201 e. The van der Waals surface area contributed by atoms with Gasteiger partial charge in [0.15, 0.2) is 23.5 Å². The van der Waals surface area contributed by atoms with E-state index in [1.165, 1.54) is 41.4 Å². The van der Waals surface area contributed by atoms with E-state index in [1.54, 1.807) is 6.92 Å². The van der Waals surface area contributed by atoms with Crippen LogP contribution in [0.3, 0.4) is 0 Å². The first-order chi connectivity index (χ1) is 19.8. The highest BCUT2D eigenvalue weighted by molar-refractivity contribution is 6.31. The Balaban J connectivity index is 1.69. The van der Waals surface area contributed by atoms with Crippen LogP contribution in [0.5, 0.6) is 17.2 Å². The van der Waals surface area contributed by atoms with E-state index in [9.17, 15) is 34.8 Å². The minimum atomic E-state index is -2.23. The van der Waals surface area contributed by atoms with E-state index in [1.807, 2.05) is 0 Å². The summed E-state index contributed by atoms with van der Waals surface area (Å²) in [4.78, 5) is 40.9. The zero-order chi connectivity index (χ0) is 30.8. The van der Waals surface area contributed by atoms with Crippen LogP contribution in [-0.4, -0.2) is 109 Å². The number of carbonyl (C=O) groups excluding carboxylic acids is 3. The zero-order valence-electron chi connectivity index (χ0n) is 23.7. The summed E-state index contributed by atoms with van der Waals surface area (Å²) in [6.07, 6.45) is -8.04. The predicted octanol–water partition coefficient (Wildman–Crippen LogP) is 1.04. The van der Waals surface area contributed by atoms with Crippen LogP contribution in [0.4, 0.5) is 0 Å². The second-order valence-electron chi connectivity index (χ2n) is 10.6. The lowest BCUT2D eigenvalue weighted by atomic mass is 9.72. The first kappa shape index (κ1) is 30.0. The number of carbonyl (C=O) groups is 3. The molecule has 0 bridgehead atoms. The van der Waals surface area contributed by atoms with Gasteiger partial charge in [-0.3, -0.25) is 14.4 Å². The summed E-state index contributed by atoms with van der Waals surface area (Å²) < 4.78 is 33.5. The third-order valence-electron chi connectivity index (χ3n) is 8.26. The van der Waals surface area contributed by atoms with Crippen LogP contribution in [0.15, 0.2) is 18.2 Å². The molecule has 42 heavy (non-hydrogen) atoms. The molecule has 0 radical (unpaired) electrons. The fraction of sp³-hybridized carbons (Fsp3) is 0.483. The number of hydrogen-bond acceptors (Lipinski definition) is 13. The summed E-state index contributed by atoms with van der Waals surface area (Å²) >= 11 is 0. The lowest BCUT2D eigenvalue weighted by Gasteiger charge is -2.46. The van der Waals surface area contributed by atoms with Crippen molar-refractivity contribution in [1.29, 1.82) is 0 Å². The first-order valence-electron chi connectivity index (χ1n) is 13.1. The molecule has 8 atom stereocenters. The largest absolute Gasteiger partial charge is 0.507 e. The Morgan fingerprint density at radius 2 is 1.50 bits per heavy atom. The molecule has 1 saturated heterocycles. The maximum absolute atomic E-state index is 13.7. The minimum Gasteiger partial charge on any atom is -0.507 e. The van der Waals surface area contributed by atoms with E-state index in [0.717, 1.165) is 12.1 Å². The molecule has 2 aliphatic carbocycles. The molecule has 0 spiro atoms. The standard InChI is InChI=1S/C29H32O13/c1-10-23(38-4)22(34)25(39-5)28(41-10)42-24-18-14(26(35)29(2,36)27(24)40-6)9-13-17(21(18)33)20(32)16-12(19(13)31)7-11(37-3)8-15(16)30/h7-10,22-25,27-28,30,33-34,36H,1-6H3/t10-,22+,23-,24-,25+,27-,28-,29+/m0/s1. The molecule has 5 rings (SSSR count). The number of aromatic hydroxyl groups is 2. The van der Waals surface area contributed by atoms with Crippen molar-refractivity contribution in [2.75, 3.05) is 28.4 Å². The number of benzene rings is 2. The molecule has 1 fully saturated rings. The number of phenols is 2. The summed E-state index contributed by atoms with van der Waals surface area (Å²) in [6, 6.07) is 3.53. The first-order valence-corrected chi connectivity index (χ1v) is 13.1. The second kappa shape index (κ2) is 10.7. The van der Waals surface area contributed by atoms with Crippen LogP contribution in [-0.2, 0) is 23.7 Å². The molecule has 3 aliphatic rings. The van der Waals surface area contributed by atoms with Crippen LogP contribution >= 0.6 is 0 Å². The number of rotatable bonds is 6. The third kappa shape index (κ3) is 4.23. The van der Waals surface area contributed by atoms with Gasteiger partial charge in [0.05, 0.1) is 24.3 Å². The van der Waals surface area contributed by atoms with Crippen molar-refractivity contribution in [3.05, 3.63) is 51.6 Å². The maximum Gasteiger partial charge on any atom is 0.201 e. The number of Topliss-reactive ketones (excluding diaryl/α,β-unsaturated/α-hetero) is 1. The molecule has 2 aromatic carbocycles. The highest BCUT2D eigenvalue weighted by atomic mass is 16.7. The number of fused-ring (bicyclic) bond motifs is 3. The van der Waals surface area contributed by atoms with Crippen molar-refractivity contribution in [3.8, 4) is 17.2 Å². The van der Waals surface area contributed by atoms with E-state index in [2.05, 4.69) is 0 Å². The van der Waals surface area contributed by atoms with Gasteiger partial charge < -0.3 is 48.8 Å². The zero-order valence-corrected chi connectivity index (χ0v) is 23.7. The van der Waals surface area contributed by atoms with Gasteiger partial charge in [0.25, 0.3) is 0 Å². The summed E-state index contributed by atoms with van der Waals surface area (Å²) in [7, 11) is 5.25. The van der Waals surface area contributed by atoms with Crippen LogP contribution in [0.2, 0.25) is 0 Å². The molecule has 4 N–H and O–H groups in total. The Labute approximate surface area is 240 Å². The molecule has 1 aliphatic heterocycles. The number of ether oxygens (including phenoxy) is 6. The van der Waals surface area contributed by atoms with Gasteiger partial charge in [-0.15, -0.1) is 0 Å². The molecule has 0 saturated carbocycles. The van der Waals surface area contributed by atoms with Crippen molar-refractivity contribution in [3.63, 3.8) is 0 Å². The van der Waals surface area contributed by atoms with Crippen LogP contribution in [0.1, 0.15) is 67.7 Å². The number of aliphatic hydroxyl groups excluding tert-OH is 1. The minimum absolute atomic E-state index is 0.112. The summed E-state index contributed by atoms with van der Waals surface area (Å²) in [5, 5.41) is 44.4. The summed E-state index contributed by atoms with van der Waals surface area (Å²) in [6.45, 7) is 2.83. The topological polar surface area (TPSA) is 188 Å². The van der Waals surface area contributed by atoms with E-state index in [0.29, 0.717) is 0 Å². The molecule has 2 aromatic rings. The molecule has 0 unspecified atom stereocenters. The molecule has 0 aromatic heterocycles. The van der Waals surface area contributed by atoms with Gasteiger partial charge in [0.2, 0.25) is 5.78 Å². The van der Waals surface area contributed by atoms with Crippen molar-refractivity contribution in [2.45, 2.75) is 62.4 Å². The molecule has 13 nitrogen and oxygen atoms in total. The highest BCUT2D eigenvalue weighted by Gasteiger charge is 2.56. The average molecular weight is 589 g/mol. The molecular weight excluding hydrogens is 556 g/mol. The van der Waals surface area contributed by atoms with Gasteiger partial charge in [-0.1, -0.05) is 0 Å². The maximum atomic E-state index is 13.7. The molecular formula is C29H32O13. The third-order valence-corrected chi connectivity index (χ3v) is 8.26. The number of aliphatic hydroxyl groups is 2. The van der Waals surface area contributed by atoms with Gasteiger partial charge >= 0.3 is 0 Å². The van der Waals surface area contributed by atoms with Crippen LogP contribution < -0.4 is 4.74 Å². The fourth-order valence-corrected chi connectivity index (χ4v) is 6.14. The van der Waals surface area contributed by atoms with Gasteiger partial charge in [-0.2, -0.15) is 0 Å². The van der Waals surface area contributed by atoms with Gasteiger partial charge in [-0.05, 0) is 26.0 Å². The van der Waals surface area contributed by atoms with Crippen molar-refractivity contribution < 1.29 is 63.2 Å². The van der Waals surface area contributed by atoms with Gasteiger partial charge in [0, 0.05) is 49.6 Å². The molecule has 0 amide bonds.